The van der Waals surface area contributed by atoms with Crippen molar-refractivity contribution in [3.63, 3.8) is 0 Å². The molecule has 1 N–H and O–H groups in total. The van der Waals surface area contributed by atoms with E-state index in [2.05, 4.69) is 14.4 Å². The number of hydrogen-bond acceptors (Lipinski definition) is 4. The Bertz CT molecular complexity index is 1570. The van der Waals surface area contributed by atoms with Crippen LogP contribution in [-0.4, -0.2) is 25.9 Å². The fourth-order valence-corrected chi connectivity index (χ4v) is 5.78. The molecule has 1 heterocycles. The number of alkyl halides is 4. The van der Waals surface area contributed by atoms with E-state index in [0.717, 1.165) is 24.3 Å². The van der Waals surface area contributed by atoms with Crippen LogP contribution in [0.5, 0.6) is 5.75 Å². The lowest BCUT2D eigenvalue weighted by atomic mass is 9.81. The van der Waals surface area contributed by atoms with Crippen LogP contribution >= 0.6 is 11.6 Å². The van der Waals surface area contributed by atoms with Crippen LogP contribution in [0.25, 0.3) is 0 Å². The quantitative estimate of drug-likeness (QED) is 0.203. The average Bonchev–Trinajstić information content (AvgIpc) is 2.88. The molecule has 5 nitrogen and oxygen atoms in total. The second-order valence-electron chi connectivity index (χ2n) is 8.99. The van der Waals surface area contributed by atoms with Gasteiger partial charge in [0.1, 0.15) is 17.1 Å². The molecular weight excluding hydrogens is 575 g/mol. The minimum atomic E-state index is -4.81. The maximum absolute atomic E-state index is 14.2. The van der Waals surface area contributed by atoms with Crippen molar-refractivity contribution in [1.82, 2.24) is 9.71 Å². The van der Waals surface area contributed by atoms with Crippen molar-refractivity contribution in [2.45, 2.75) is 36.3 Å². The number of sulfonamides is 1. The summed E-state index contributed by atoms with van der Waals surface area (Å²) in [5.74, 6) is -1.43. The Labute approximate surface area is 232 Å². The third-order valence-electron chi connectivity index (χ3n) is 5.95. The Morgan fingerprint density at radius 1 is 0.975 bits per heavy atom. The predicted molar refractivity (Wildman–Crippen MR) is 140 cm³/mol. The van der Waals surface area contributed by atoms with Crippen LogP contribution in [-0.2, 0) is 22.0 Å². The standard InChI is InChI=1S/C28H22ClF5N2O3S/c1-18-12-22(30)15-24(13-18)40(37,38)36-27(16-19-6-3-2-4-7-19,25-11-10-21(29)17-35-25)20-8-5-9-23(14-20)39-28(33,34)26(31)32/h2-15,17,26,36H,16H2,1H3/t27-/m1/s1. The SMILES string of the molecule is Cc1cc(F)cc(S(=O)(=O)N[C@](Cc2ccccc2)(c2cccc(OC(F)(F)C(F)F)c2)c2ccc(Cl)cn2)c1. The van der Waals surface area contributed by atoms with E-state index < -0.39 is 44.6 Å². The summed E-state index contributed by atoms with van der Waals surface area (Å²) < 4.78 is 102. The highest BCUT2D eigenvalue weighted by Crippen LogP contribution is 2.38. The number of hydrogen-bond donors (Lipinski definition) is 1. The summed E-state index contributed by atoms with van der Waals surface area (Å²) >= 11 is 6.04. The van der Waals surface area contributed by atoms with Gasteiger partial charge in [0, 0.05) is 12.6 Å². The molecule has 0 aliphatic carbocycles. The van der Waals surface area contributed by atoms with E-state index in [4.69, 9.17) is 11.6 Å². The van der Waals surface area contributed by atoms with Gasteiger partial charge in [0.15, 0.2) is 0 Å². The first-order chi connectivity index (χ1) is 18.8. The van der Waals surface area contributed by atoms with Crippen molar-refractivity contribution in [3.8, 4) is 5.75 Å². The minimum Gasteiger partial charge on any atom is -0.428 e. The number of halogens is 6. The molecule has 210 valence electrons. The number of nitrogens with one attached hydrogen (secondary N) is 1. The van der Waals surface area contributed by atoms with E-state index in [1.807, 2.05) is 0 Å². The monoisotopic (exact) mass is 596 g/mol. The molecule has 0 amide bonds. The molecular formula is C28H22ClF5N2O3S. The van der Waals surface area contributed by atoms with Gasteiger partial charge in [0.25, 0.3) is 0 Å². The molecule has 4 rings (SSSR count). The molecule has 0 aliphatic rings. The zero-order chi connectivity index (χ0) is 29.1. The van der Waals surface area contributed by atoms with E-state index in [-0.39, 0.29) is 22.7 Å². The molecule has 0 fully saturated rings. The largest absolute Gasteiger partial charge is 0.461 e. The van der Waals surface area contributed by atoms with Crippen molar-refractivity contribution >= 4 is 21.6 Å². The summed E-state index contributed by atoms with van der Waals surface area (Å²) in [4.78, 5) is 3.93. The van der Waals surface area contributed by atoms with Crippen LogP contribution in [0.2, 0.25) is 5.02 Å². The van der Waals surface area contributed by atoms with Gasteiger partial charge in [0.2, 0.25) is 10.0 Å². The van der Waals surface area contributed by atoms with E-state index in [0.29, 0.717) is 11.1 Å². The van der Waals surface area contributed by atoms with Gasteiger partial charge in [-0.15, -0.1) is 0 Å². The Hall–Kier alpha value is -3.54. The highest BCUT2D eigenvalue weighted by Gasteiger charge is 2.45. The number of aryl methyl sites for hydroxylation is 1. The lowest BCUT2D eigenvalue weighted by molar-refractivity contribution is -0.253. The molecule has 1 aromatic heterocycles. The smallest absolute Gasteiger partial charge is 0.428 e. The van der Waals surface area contributed by atoms with Gasteiger partial charge in [-0.25, -0.2) is 12.8 Å². The normalized spacial score (nSPS) is 13.7. The van der Waals surface area contributed by atoms with Crippen molar-refractivity contribution in [1.29, 1.82) is 0 Å². The third kappa shape index (κ3) is 6.60. The molecule has 0 saturated heterocycles. The van der Waals surface area contributed by atoms with Gasteiger partial charge >= 0.3 is 12.5 Å². The molecule has 0 spiro atoms. The van der Waals surface area contributed by atoms with Crippen LogP contribution in [0.3, 0.4) is 0 Å². The van der Waals surface area contributed by atoms with Crippen molar-refractivity contribution in [2.75, 3.05) is 0 Å². The number of nitrogens with zero attached hydrogens (tertiary/aromatic N) is 1. The molecule has 0 unspecified atom stereocenters. The number of rotatable bonds is 10. The first-order valence-corrected chi connectivity index (χ1v) is 13.6. The van der Waals surface area contributed by atoms with Crippen LogP contribution < -0.4 is 9.46 Å². The van der Waals surface area contributed by atoms with Gasteiger partial charge < -0.3 is 4.74 Å². The Morgan fingerprint density at radius 3 is 2.33 bits per heavy atom. The lowest BCUT2D eigenvalue weighted by Crippen LogP contribution is -2.49. The molecule has 0 bridgehead atoms. The topological polar surface area (TPSA) is 68.3 Å². The summed E-state index contributed by atoms with van der Waals surface area (Å²) in [6, 6.07) is 19.4. The average molecular weight is 597 g/mol. The molecule has 0 radical (unpaired) electrons. The number of ether oxygens (including phenoxy) is 1. The van der Waals surface area contributed by atoms with Crippen LogP contribution in [0, 0.1) is 12.7 Å². The molecule has 3 aromatic carbocycles. The minimum absolute atomic E-state index is 0.0328. The highest BCUT2D eigenvalue weighted by molar-refractivity contribution is 7.89. The first-order valence-electron chi connectivity index (χ1n) is 11.7. The summed E-state index contributed by atoms with van der Waals surface area (Å²) in [7, 11) is -4.52. The van der Waals surface area contributed by atoms with E-state index >= 15 is 0 Å². The summed E-state index contributed by atoms with van der Waals surface area (Å²) in [6.07, 6.45) is -7.77. The van der Waals surface area contributed by atoms with Crippen molar-refractivity contribution < 1.29 is 35.1 Å². The van der Waals surface area contributed by atoms with Gasteiger partial charge in [0.05, 0.1) is 15.6 Å². The summed E-state index contributed by atoms with van der Waals surface area (Å²) in [5, 5.41) is 0.231. The first kappa shape index (κ1) is 29.4. The molecule has 1 atom stereocenters. The predicted octanol–water partition coefficient (Wildman–Crippen LogP) is 6.88. The maximum atomic E-state index is 14.2. The number of aromatic nitrogens is 1. The van der Waals surface area contributed by atoms with Gasteiger partial charge in [-0.3, -0.25) is 4.98 Å². The number of benzene rings is 3. The zero-order valence-electron chi connectivity index (χ0n) is 20.8. The van der Waals surface area contributed by atoms with Crippen LogP contribution in [0.1, 0.15) is 22.4 Å². The van der Waals surface area contributed by atoms with Crippen molar-refractivity contribution in [3.05, 3.63) is 124 Å². The Morgan fingerprint density at radius 2 is 1.70 bits per heavy atom. The third-order valence-corrected chi connectivity index (χ3v) is 7.64. The summed E-state index contributed by atoms with van der Waals surface area (Å²) in [5.41, 5.74) is -0.768. The van der Waals surface area contributed by atoms with Crippen molar-refractivity contribution in [2.24, 2.45) is 0 Å². The Kier molecular flexibility index (Phi) is 8.48. The van der Waals surface area contributed by atoms with E-state index in [9.17, 15) is 30.4 Å². The Balaban J connectivity index is 1.97. The second kappa shape index (κ2) is 11.5. The van der Waals surface area contributed by atoms with Crippen LogP contribution in [0.15, 0.2) is 96.0 Å². The second-order valence-corrected chi connectivity index (χ2v) is 11.1. The van der Waals surface area contributed by atoms with Crippen LogP contribution in [0.4, 0.5) is 22.0 Å². The molecule has 0 saturated carbocycles. The zero-order valence-corrected chi connectivity index (χ0v) is 22.4. The van der Waals surface area contributed by atoms with E-state index in [1.165, 1.54) is 43.5 Å². The van der Waals surface area contributed by atoms with E-state index in [1.54, 1.807) is 30.3 Å². The van der Waals surface area contributed by atoms with Gasteiger partial charge in [-0.2, -0.15) is 22.3 Å². The molecule has 4 aromatic rings. The van der Waals surface area contributed by atoms with Gasteiger partial charge in [-0.1, -0.05) is 54.1 Å². The summed E-state index contributed by atoms with van der Waals surface area (Å²) in [6.45, 7) is 1.52. The highest BCUT2D eigenvalue weighted by atomic mass is 35.5. The lowest BCUT2D eigenvalue weighted by Gasteiger charge is -2.35. The molecule has 12 heteroatoms. The number of pyridine rings is 1. The fraction of sp³-hybridized carbons (Fsp3) is 0.179. The maximum Gasteiger partial charge on any atom is 0.461 e. The molecule has 40 heavy (non-hydrogen) atoms. The fourth-order valence-electron chi connectivity index (χ4n) is 4.19. The van der Waals surface area contributed by atoms with Gasteiger partial charge in [-0.05, 0) is 66.1 Å². The molecule has 0 aliphatic heterocycles.